The third-order valence-corrected chi connectivity index (χ3v) is 6.52. The van der Waals surface area contributed by atoms with Crippen LogP contribution in [-0.4, -0.2) is 47.0 Å². The van der Waals surface area contributed by atoms with Crippen LogP contribution in [0.3, 0.4) is 0 Å². The number of esters is 1. The van der Waals surface area contributed by atoms with Crippen molar-refractivity contribution >= 4 is 24.2 Å². The maximum Gasteiger partial charge on any atom is 0.335 e. The van der Waals surface area contributed by atoms with Gasteiger partial charge in [0.25, 0.3) is 0 Å². The van der Waals surface area contributed by atoms with Gasteiger partial charge >= 0.3 is 5.97 Å². The predicted octanol–water partition coefficient (Wildman–Crippen LogP) is 0.755. The first-order valence-electron chi connectivity index (χ1n) is 7.86. The highest BCUT2D eigenvalue weighted by Crippen LogP contribution is 2.78. The van der Waals surface area contributed by atoms with Gasteiger partial charge in [0.2, 0.25) is 0 Å². The maximum atomic E-state index is 12.8. The molecular formula is C16H18N4O3. The van der Waals surface area contributed by atoms with Crippen LogP contribution >= 0.6 is 0 Å². The molecule has 2 heterocycles. The van der Waals surface area contributed by atoms with Gasteiger partial charge in [-0.15, -0.1) is 0 Å². The third kappa shape index (κ3) is 1.01. The third-order valence-electron chi connectivity index (χ3n) is 6.52. The zero-order valence-electron chi connectivity index (χ0n) is 13.5. The molecule has 0 radical (unpaired) electrons. The zero-order valence-corrected chi connectivity index (χ0v) is 13.5. The summed E-state index contributed by atoms with van der Waals surface area (Å²) in [6.07, 6.45) is 3.18. The first-order valence-corrected chi connectivity index (χ1v) is 7.86. The van der Waals surface area contributed by atoms with E-state index in [0.29, 0.717) is 0 Å². The van der Waals surface area contributed by atoms with Crippen LogP contribution in [0, 0.1) is 34.0 Å². The number of ketones is 1. The smallest absolute Gasteiger partial charge is 0.335 e. The summed E-state index contributed by atoms with van der Waals surface area (Å²) in [6, 6.07) is 2.30. The van der Waals surface area contributed by atoms with Crippen molar-refractivity contribution in [3.63, 3.8) is 0 Å². The number of hydrazone groups is 1. The van der Waals surface area contributed by atoms with Crippen molar-refractivity contribution in [3.05, 3.63) is 0 Å². The fraction of sp³-hybridized carbons (Fsp3) is 0.688. The molecule has 2 saturated carbocycles. The molecule has 2 aliphatic carbocycles. The molecule has 0 bridgehead atoms. The number of carbonyl (C=O) groups is 2. The predicted molar refractivity (Wildman–Crippen MR) is 80.4 cm³/mol. The van der Waals surface area contributed by atoms with Crippen LogP contribution < -0.4 is 0 Å². The summed E-state index contributed by atoms with van der Waals surface area (Å²) in [5.74, 6) is -0.972. The fourth-order valence-electron chi connectivity index (χ4n) is 5.07. The van der Waals surface area contributed by atoms with Gasteiger partial charge in [-0.1, -0.05) is 13.8 Å². The van der Waals surface area contributed by atoms with Crippen LogP contribution in [0.5, 0.6) is 0 Å². The number of nitrogens with zero attached hydrogens (tertiary/aromatic N) is 4. The summed E-state index contributed by atoms with van der Waals surface area (Å²) in [5.41, 5.74) is -3.90. The van der Waals surface area contributed by atoms with E-state index in [4.69, 9.17) is 4.74 Å². The van der Waals surface area contributed by atoms with E-state index in [9.17, 15) is 14.9 Å². The van der Waals surface area contributed by atoms with E-state index in [1.54, 1.807) is 24.4 Å². The van der Waals surface area contributed by atoms with Crippen LogP contribution in [-0.2, 0) is 14.3 Å². The number of fused-ring (bicyclic) bond motifs is 2. The van der Waals surface area contributed by atoms with Gasteiger partial charge in [0.1, 0.15) is 16.6 Å². The van der Waals surface area contributed by atoms with Gasteiger partial charge < -0.3 is 4.74 Å². The molecule has 7 nitrogen and oxygen atoms in total. The SMILES string of the molecule is CCOC(=O)C12C(C)C1(C(C)=O)C=NC13C(C)C1(C#N)C=NN32. The van der Waals surface area contributed by atoms with Crippen LogP contribution in [0.4, 0.5) is 0 Å². The van der Waals surface area contributed by atoms with E-state index in [2.05, 4.69) is 16.2 Å². The molecule has 0 aromatic rings. The van der Waals surface area contributed by atoms with Crippen molar-refractivity contribution in [2.75, 3.05) is 6.61 Å². The summed E-state index contributed by atoms with van der Waals surface area (Å²) in [4.78, 5) is 29.8. The minimum Gasteiger partial charge on any atom is -0.464 e. The van der Waals surface area contributed by atoms with E-state index >= 15 is 0 Å². The van der Waals surface area contributed by atoms with Gasteiger partial charge in [0.05, 0.1) is 12.7 Å². The summed E-state index contributed by atoms with van der Waals surface area (Å²) < 4.78 is 5.29. The Morgan fingerprint density at radius 3 is 2.57 bits per heavy atom. The molecule has 4 rings (SSSR count). The molecule has 6 atom stereocenters. The highest BCUT2D eigenvalue weighted by atomic mass is 16.5. The summed E-state index contributed by atoms with van der Waals surface area (Å²) in [7, 11) is 0. The molecule has 23 heavy (non-hydrogen) atoms. The molecule has 0 aromatic heterocycles. The number of hydrogen-bond donors (Lipinski definition) is 0. The minimum absolute atomic E-state index is 0.0854. The van der Waals surface area contributed by atoms with E-state index in [1.807, 2.05) is 13.8 Å². The molecule has 6 unspecified atom stereocenters. The number of Topliss-reactive ketones (excluding diaryl/α,β-unsaturated/α-hetero) is 1. The fourth-order valence-corrected chi connectivity index (χ4v) is 5.07. The highest BCUT2D eigenvalue weighted by Gasteiger charge is 2.95. The van der Waals surface area contributed by atoms with Crippen LogP contribution in [0.1, 0.15) is 27.7 Å². The van der Waals surface area contributed by atoms with Gasteiger partial charge in [-0.25, -0.2) is 9.80 Å². The number of carbonyl (C=O) groups excluding carboxylic acids is 2. The van der Waals surface area contributed by atoms with E-state index in [1.165, 1.54) is 6.92 Å². The molecule has 0 N–H and O–H groups in total. The summed E-state index contributed by atoms with van der Waals surface area (Å²) >= 11 is 0. The van der Waals surface area contributed by atoms with Crippen molar-refractivity contribution < 1.29 is 14.3 Å². The van der Waals surface area contributed by atoms with Gasteiger partial charge in [-0.3, -0.25) is 9.79 Å². The van der Waals surface area contributed by atoms with Crippen molar-refractivity contribution in [2.45, 2.75) is 38.9 Å². The lowest BCUT2D eigenvalue weighted by Crippen LogP contribution is -2.56. The lowest BCUT2D eigenvalue weighted by atomic mass is 9.92. The Balaban J connectivity index is 1.93. The molecule has 2 aliphatic heterocycles. The molecule has 120 valence electrons. The van der Waals surface area contributed by atoms with E-state index in [0.717, 1.165) is 0 Å². The second-order valence-corrected chi connectivity index (χ2v) is 6.88. The van der Waals surface area contributed by atoms with Gasteiger partial charge in [0.15, 0.2) is 11.2 Å². The normalized spacial score (nSPS) is 50.5. The minimum atomic E-state index is -1.18. The second kappa shape index (κ2) is 3.64. The average molecular weight is 314 g/mol. The summed E-state index contributed by atoms with van der Waals surface area (Å²) in [6.45, 7) is 7.19. The van der Waals surface area contributed by atoms with Crippen molar-refractivity contribution in [2.24, 2.45) is 32.8 Å². The summed E-state index contributed by atoms with van der Waals surface area (Å²) in [5, 5.41) is 15.6. The molecular weight excluding hydrogens is 296 g/mol. The van der Waals surface area contributed by atoms with E-state index in [-0.39, 0.29) is 24.2 Å². The lowest BCUT2D eigenvalue weighted by molar-refractivity contribution is -0.157. The Morgan fingerprint density at radius 2 is 2.04 bits per heavy atom. The molecule has 0 aromatic carbocycles. The molecule has 2 fully saturated rings. The van der Waals surface area contributed by atoms with Crippen molar-refractivity contribution in [1.82, 2.24) is 5.01 Å². The standard InChI is InChI=1S/C16H18N4O3/c1-5-23-12(22)15-10(3)14(15,11(4)21)8-18-16-9(2)13(16,6-17)7-19-20(15)16/h7-10H,5H2,1-4H3. The Bertz CT molecular complexity index is 755. The second-order valence-electron chi connectivity index (χ2n) is 6.88. The molecule has 7 heteroatoms. The quantitative estimate of drug-likeness (QED) is 0.717. The number of ether oxygens (including phenoxy) is 1. The zero-order chi connectivity index (χ0) is 16.8. The Labute approximate surface area is 134 Å². The van der Waals surface area contributed by atoms with E-state index < -0.39 is 28.0 Å². The highest BCUT2D eigenvalue weighted by molar-refractivity contribution is 6.14. The van der Waals surface area contributed by atoms with Gasteiger partial charge in [0, 0.05) is 24.3 Å². The van der Waals surface area contributed by atoms with Crippen molar-refractivity contribution in [1.29, 1.82) is 5.26 Å². The van der Waals surface area contributed by atoms with Gasteiger partial charge in [-0.2, -0.15) is 10.4 Å². The number of hydrogen-bond acceptors (Lipinski definition) is 7. The molecule has 1 spiro atoms. The van der Waals surface area contributed by atoms with Crippen LogP contribution in [0.15, 0.2) is 10.1 Å². The molecule has 4 aliphatic rings. The van der Waals surface area contributed by atoms with Crippen LogP contribution in [0.25, 0.3) is 0 Å². The van der Waals surface area contributed by atoms with Crippen LogP contribution in [0.2, 0.25) is 0 Å². The average Bonchev–Trinajstić information content (AvgIpc) is 3.19. The number of nitriles is 1. The number of aliphatic imine (C=N–C) groups is 1. The number of rotatable bonds is 3. The monoisotopic (exact) mass is 314 g/mol. The van der Waals surface area contributed by atoms with Gasteiger partial charge in [-0.05, 0) is 13.8 Å². The maximum absolute atomic E-state index is 12.8. The Kier molecular flexibility index (Phi) is 2.27. The Morgan fingerprint density at radius 1 is 1.35 bits per heavy atom. The topological polar surface area (TPSA) is 95.1 Å². The molecule has 0 amide bonds. The Hall–Kier alpha value is -2.23. The first-order chi connectivity index (χ1) is 10.8. The lowest BCUT2D eigenvalue weighted by Gasteiger charge is -2.37. The first kappa shape index (κ1) is 14.4. The molecule has 0 saturated heterocycles. The van der Waals surface area contributed by atoms with Crippen molar-refractivity contribution in [3.8, 4) is 6.07 Å². The largest absolute Gasteiger partial charge is 0.464 e.